The number of benzene rings is 2. The summed E-state index contributed by atoms with van der Waals surface area (Å²) in [4.78, 5) is 0. The molecule has 43 heavy (non-hydrogen) atoms. The summed E-state index contributed by atoms with van der Waals surface area (Å²) in [5, 5.41) is 3.65. The van der Waals surface area contributed by atoms with Crippen molar-refractivity contribution in [2.75, 3.05) is 13.6 Å². The molecule has 3 N–H and O–H groups in total. The van der Waals surface area contributed by atoms with E-state index < -0.39 is 0 Å². The molecule has 2 aromatic rings. The lowest BCUT2D eigenvalue weighted by Crippen LogP contribution is -2.43. The van der Waals surface area contributed by atoms with Crippen molar-refractivity contribution in [1.29, 1.82) is 0 Å². The predicted molar refractivity (Wildman–Crippen MR) is 194 cm³/mol. The molecule has 0 saturated carbocycles. The first kappa shape index (κ1) is 37.4. The third-order valence-corrected chi connectivity index (χ3v) is 8.08. The van der Waals surface area contributed by atoms with Gasteiger partial charge >= 0.3 is 0 Å². The van der Waals surface area contributed by atoms with E-state index in [2.05, 4.69) is 148 Å². The molecule has 2 heteroatoms. The lowest BCUT2D eigenvalue weighted by molar-refractivity contribution is 0.257. The van der Waals surface area contributed by atoms with Gasteiger partial charge in [-0.15, -0.1) is 0 Å². The predicted octanol–water partition coefficient (Wildman–Crippen LogP) is 10.5. The van der Waals surface area contributed by atoms with Gasteiger partial charge in [0.1, 0.15) is 0 Å². The molecule has 0 saturated heterocycles. The largest absolute Gasteiger partial charge is 0.381 e. The Morgan fingerprint density at radius 2 is 1.63 bits per heavy atom. The molecule has 1 aliphatic heterocycles. The quantitative estimate of drug-likeness (QED) is 0.217. The molecule has 1 aliphatic carbocycles. The zero-order valence-corrected chi connectivity index (χ0v) is 28.2. The Morgan fingerprint density at radius 3 is 2.23 bits per heavy atom. The van der Waals surface area contributed by atoms with Gasteiger partial charge in [-0.05, 0) is 66.6 Å². The second kappa shape index (κ2) is 21.1. The van der Waals surface area contributed by atoms with Crippen molar-refractivity contribution in [2.24, 2.45) is 17.6 Å². The molecule has 232 valence electrons. The minimum atomic E-state index is -0.130. The summed E-state index contributed by atoms with van der Waals surface area (Å²) in [5.74, 6) is 0.800. The van der Waals surface area contributed by atoms with Crippen LogP contribution in [0.25, 0.3) is 5.57 Å². The fraction of sp³-hybridized carbons (Fsp3) is 0.366. The summed E-state index contributed by atoms with van der Waals surface area (Å²) in [7, 11) is 1.50. The Labute approximate surface area is 264 Å². The number of hydrogen-bond donors (Lipinski definition) is 2. The lowest BCUT2D eigenvalue weighted by atomic mass is 9.57. The Balaban J connectivity index is 0.00000145. The van der Waals surface area contributed by atoms with Crippen LogP contribution >= 0.6 is 0 Å². The van der Waals surface area contributed by atoms with Gasteiger partial charge in [-0.25, -0.2) is 0 Å². The van der Waals surface area contributed by atoms with Crippen molar-refractivity contribution in [3.05, 3.63) is 150 Å². The summed E-state index contributed by atoms with van der Waals surface area (Å²) in [5.41, 5.74) is 12.2. The molecule has 3 atom stereocenters. The third kappa shape index (κ3) is 9.43. The molecule has 2 aliphatic rings. The molecule has 0 aromatic heterocycles. The van der Waals surface area contributed by atoms with Crippen LogP contribution in [-0.2, 0) is 11.8 Å². The van der Waals surface area contributed by atoms with E-state index in [4.69, 9.17) is 0 Å². The Kier molecular flexibility index (Phi) is 18.4. The number of hydrogen-bond acceptors (Lipinski definition) is 2. The molecular formula is C41H58N2. The third-order valence-electron chi connectivity index (χ3n) is 8.08. The number of nitrogens with one attached hydrogen (secondary N) is 1. The summed E-state index contributed by atoms with van der Waals surface area (Å²) in [6.45, 7) is 19.9. The highest BCUT2D eigenvalue weighted by Gasteiger charge is 2.45. The number of dihydropyridines is 1. The SMILES string of the molecule is C=C/C(=C\Cc1ccccc1C(C=CC)(C(C)CC)C1CC=CC=C1C1=CC=CCN1)c1ccccc1.CC.CC.CN. The second-order valence-electron chi connectivity index (χ2n) is 10.1. The van der Waals surface area contributed by atoms with E-state index in [9.17, 15) is 0 Å². The fourth-order valence-corrected chi connectivity index (χ4v) is 6.09. The van der Waals surface area contributed by atoms with Crippen molar-refractivity contribution < 1.29 is 0 Å². The van der Waals surface area contributed by atoms with Crippen LogP contribution in [-0.4, -0.2) is 13.6 Å². The van der Waals surface area contributed by atoms with Crippen molar-refractivity contribution in [1.82, 2.24) is 5.32 Å². The normalized spacial score (nSPS) is 17.7. The summed E-state index contributed by atoms with van der Waals surface area (Å²) >= 11 is 0. The molecule has 2 nitrogen and oxygen atoms in total. The average Bonchev–Trinajstić information content (AvgIpc) is 3.11. The van der Waals surface area contributed by atoms with Gasteiger partial charge in [0.05, 0.1) is 0 Å². The molecule has 4 rings (SSSR count). The van der Waals surface area contributed by atoms with Crippen molar-refractivity contribution in [2.45, 2.75) is 73.1 Å². The number of allylic oxidation sites excluding steroid dienone is 11. The van der Waals surface area contributed by atoms with E-state index in [1.807, 2.05) is 33.8 Å². The number of rotatable bonds is 10. The smallest absolute Gasteiger partial charge is 0.0378 e. The number of nitrogens with two attached hydrogens (primary N) is 1. The maximum absolute atomic E-state index is 4.50. The molecule has 1 heterocycles. The van der Waals surface area contributed by atoms with Gasteiger partial charge < -0.3 is 11.1 Å². The van der Waals surface area contributed by atoms with Gasteiger partial charge in [-0.3, -0.25) is 0 Å². The highest BCUT2D eigenvalue weighted by molar-refractivity contribution is 5.73. The van der Waals surface area contributed by atoms with Gasteiger partial charge in [0.15, 0.2) is 0 Å². The monoisotopic (exact) mass is 578 g/mol. The molecule has 0 radical (unpaired) electrons. The van der Waals surface area contributed by atoms with Crippen molar-refractivity contribution in [3.63, 3.8) is 0 Å². The van der Waals surface area contributed by atoms with Crippen LogP contribution in [0, 0.1) is 11.8 Å². The first-order valence-electron chi connectivity index (χ1n) is 16.3. The molecule has 0 bridgehead atoms. The van der Waals surface area contributed by atoms with E-state index in [0.29, 0.717) is 11.8 Å². The van der Waals surface area contributed by atoms with Crippen molar-refractivity contribution in [3.8, 4) is 0 Å². The van der Waals surface area contributed by atoms with Gasteiger partial charge in [0, 0.05) is 23.6 Å². The molecule has 0 spiro atoms. The van der Waals surface area contributed by atoms with Crippen LogP contribution in [0.4, 0.5) is 0 Å². The molecular weight excluding hydrogens is 520 g/mol. The van der Waals surface area contributed by atoms with Gasteiger partial charge in [0.2, 0.25) is 0 Å². The van der Waals surface area contributed by atoms with Gasteiger partial charge in [0.25, 0.3) is 0 Å². The molecule has 0 fully saturated rings. The van der Waals surface area contributed by atoms with Crippen LogP contribution in [0.15, 0.2) is 133 Å². The van der Waals surface area contributed by atoms with E-state index >= 15 is 0 Å². The van der Waals surface area contributed by atoms with Crippen LogP contribution < -0.4 is 11.1 Å². The highest BCUT2D eigenvalue weighted by atomic mass is 14.9. The van der Waals surface area contributed by atoms with Crippen LogP contribution in [0.3, 0.4) is 0 Å². The van der Waals surface area contributed by atoms with Gasteiger partial charge in [-0.1, -0.05) is 164 Å². The molecule has 2 aromatic carbocycles. The van der Waals surface area contributed by atoms with E-state index in [1.165, 1.54) is 40.6 Å². The minimum absolute atomic E-state index is 0.130. The zero-order valence-electron chi connectivity index (χ0n) is 28.2. The van der Waals surface area contributed by atoms with Crippen LogP contribution in [0.1, 0.15) is 78.0 Å². The van der Waals surface area contributed by atoms with E-state index in [1.54, 1.807) is 0 Å². The molecule has 3 unspecified atom stereocenters. The first-order chi connectivity index (χ1) is 21.2. The zero-order chi connectivity index (χ0) is 32.1. The first-order valence-corrected chi connectivity index (χ1v) is 16.3. The fourth-order valence-electron chi connectivity index (χ4n) is 6.09. The Bertz CT molecular complexity index is 1260. The second-order valence-corrected chi connectivity index (χ2v) is 10.1. The standard InChI is InChI=1S/C36H41N.2C2H6.CH5N/c1-5-26-36(28(4)6-2,34-22-14-12-20-32(34)35-23-15-16-27-37-35)33-21-13-11-19-31(33)25-24-29(7-3)30-17-9-8-10-18-30;3*1-2/h5,7-21,23-24,26,28,34,37H,3,6,22,25,27H2,1-2,4H3;2*1-2H3;2H2,1H3/b26-5?,29-24+;;;. The highest BCUT2D eigenvalue weighted by Crippen LogP contribution is 2.50. The van der Waals surface area contributed by atoms with Gasteiger partial charge in [-0.2, -0.15) is 0 Å². The summed E-state index contributed by atoms with van der Waals surface area (Å²) in [6.07, 6.45) is 25.6. The summed E-state index contributed by atoms with van der Waals surface area (Å²) < 4.78 is 0. The van der Waals surface area contributed by atoms with Crippen LogP contribution in [0.2, 0.25) is 0 Å². The Hall–Kier alpha value is -3.62. The lowest BCUT2D eigenvalue weighted by Gasteiger charge is -2.47. The maximum Gasteiger partial charge on any atom is 0.0378 e. The maximum atomic E-state index is 4.50. The summed E-state index contributed by atoms with van der Waals surface area (Å²) in [6, 6.07) is 19.7. The average molecular weight is 579 g/mol. The van der Waals surface area contributed by atoms with Crippen molar-refractivity contribution >= 4 is 5.57 Å². The minimum Gasteiger partial charge on any atom is -0.381 e. The topological polar surface area (TPSA) is 38.0 Å². The van der Waals surface area contributed by atoms with E-state index in [-0.39, 0.29) is 5.41 Å². The Morgan fingerprint density at radius 1 is 0.977 bits per heavy atom. The van der Waals surface area contributed by atoms with E-state index in [0.717, 1.165) is 25.8 Å². The van der Waals surface area contributed by atoms with Crippen LogP contribution in [0.5, 0.6) is 0 Å². The molecule has 0 amide bonds.